The van der Waals surface area contributed by atoms with Crippen LogP contribution in [0.5, 0.6) is 0 Å². The van der Waals surface area contributed by atoms with Gasteiger partial charge >= 0.3 is 11.9 Å². The molecule has 0 aliphatic rings. The first-order valence-corrected chi connectivity index (χ1v) is 27.8. The molecule has 0 amide bonds. The van der Waals surface area contributed by atoms with Crippen molar-refractivity contribution in [3.05, 3.63) is 97.2 Å². The molecule has 1 unspecified atom stereocenters. The van der Waals surface area contributed by atoms with E-state index in [1.165, 1.54) is 141 Å². The van der Waals surface area contributed by atoms with Crippen LogP contribution in [0.4, 0.5) is 0 Å². The summed E-state index contributed by atoms with van der Waals surface area (Å²) in [6, 6.07) is 0. The standard InChI is InChI=1S/C61H104O5/c1-4-7-10-13-16-19-22-25-28-30-31-32-34-36-39-42-45-48-51-54-60(62)65-58-59(57-64-56-53-50-47-44-41-38-35-29-26-23-20-17-14-11-8-5-2)66-61(63)55-52-49-46-43-40-37-33-27-24-21-18-15-12-9-6-3/h7,10,16-17,19-20,25-26,28-29,31-32,36,39,45,48,59H,4-6,8-9,11-15,18,21-24,27,30,33-35,37-38,40-44,46-47,49-58H2,1-3H3/b10-7-,19-16-,20-17-,28-25-,29-26-,32-31-,39-36-,48-45-. The molecular weight excluding hydrogens is 813 g/mol. The van der Waals surface area contributed by atoms with E-state index < -0.39 is 6.10 Å². The highest BCUT2D eigenvalue weighted by Gasteiger charge is 2.17. The molecule has 0 fully saturated rings. The summed E-state index contributed by atoms with van der Waals surface area (Å²) in [6.45, 7) is 7.60. The van der Waals surface area contributed by atoms with Crippen molar-refractivity contribution in [3.63, 3.8) is 0 Å². The van der Waals surface area contributed by atoms with Crippen LogP contribution in [0.15, 0.2) is 97.2 Å². The second-order valence-corrected chi connectivity index (χ2v) is 18.1. The van der Waals surface area contributed by atoms with Crippen LogP contribution in [-0.4, -0.2) is 37.9 Å². The molecule has 1 atom stereocenters. The average molecular weight is 917 g/mol. The normalized spacial score (nSPS) is 13.0. The fourth-order valence-electron chi connectivity index (χ4n) is 7.51. The number of unbranched alkanes of at least 4 members (excludes halogenated alkanes) is 23. The van der Waals surface area contributed by atoms with Crippen LogP contribution in [0.25, 0.3) is 0 Å². The first-order valence-electron chi connectivity index (χ1n) is 27.8. The zero-order valence-corrected chi connectivity index (χ0v) is 43.4. The molecular formula is C61H104O5. The Labute approximate surface area is 409 Å². The van der Waals surface area contributed by atoms with Gasteiger partial charge in [0.1, 0.15) is 6.61 Å². The smallest absolute Gasteiger partial charge is 0.306 e. The lowest BCUT2D eigenvalue weighted by molar-refractivity contribution is -0.162. The van der Waals surface area contributed by atoms with E-state index in [-0.39, 0.29) is 25.2 Å². The third-order valence-corrected chi connectivity index (χ3v) is 11.6. The van der Waals surface area contributed by atoms with Crippen molar-refractivity contribution in [1.82, 2.24) is 0 Å². The van der Waals surface area contributed by atoms with Crippen molar-refractivity contribution in [2.24, 2.45) is 0 Å². The zero-order chi connectivity index (χ0) is 47.7. The molecule has 378 valence electrons. The molecule has 0 saturated heterocycles. The van der Waals surface area contributed by atoms with E-state index in [1.54, 1.807) is 0 Å². The molecule has 0 bridgehead atoms. The summed E-state index contributed by atoms with van der Waals surface area (Å²) in [4.78, 5) is 25.4. The molecule has 0 aromatic heterocycles. The van der Waals surface area contributed by atoms with Crippen molar-refractivity contribution in [2.75, 3.05) is 19.8 Å². The number of carbonyl (C=O) groups is 2. The Morgan fingerprint density at radius 1 is 0.348 bits per heavy atom. The number of rotatable bonds is 50. The maximum absolute atomic E-state index is 12.8. The van der Waals surface area contributed by atoms with Crippen LogP contribution in [0.2, 0.25) is 0 Å². The summed E-state index contributed by atoms with van der Waals surface area (Å²) in [7, 11) is 0. The van der Waals surface area contributed by atoms with Crippen molar-refractivity contribution >= 4 is 11.9 Å². The van der Waals surface area contributed by atoms with Gasteiger partial charge in [0.25, 0.3) is 0 Å². The highest BCUT2D eigenvalue weighted by atomic mass is 16.6. The van der Waals surface area contributed by atoms with Gasteiger partial charge in [0.05, 0.1) is 6.61 Å². The summed E-state index contributed by atoms with van der Waals surface area (Å²) in [5.74, 6) is -0.496. The van der Waals surface area contributed by atoms with Gasteiger partial charge in [0, 0.05) is 19.4 Å². The third-order valence-electron chi connectivity index (χ3n) is 11.6. The summed E-state index contributed by atoms with van der Waals surface area (Å²) in [5.41, 5.74) is 0. The van der Waals surface area contributed by atoms with E-state index in [0.717, 1.165) is 70.6 Å². The minimum Gasteiger partial charge on any atom is -0.462 e. The molecule has 0 aromatic carbocycles. The Bertz CT molecular complexity index is 1270. The van der Waals surface area contributed by atoms with Crippen molar-refractivity contribution in [1.29, 1.82) is 0 Å². The molecule has 0 rings (SSSR count). The first-order chi connectivity index (χ1) is 32.6. The van der Waals surface area contributed by atoms with Crippen LogP contribution in [0, 0.1) is 0 Å². The lowest BCUT2D eigenvalue weighted by Crippen LogP contribution is -2.30. The van der Waals surface area contributed by atoms with Crippen LogP contribution < -0.4 is 0 Å². The van der Waals surface area contributed by atoms with Gasteiger partial charge in [0.2, 0.25) is 0 Å². The van der Waals surface area contributed by atoms with E-state index in [4.69, 9.17) is 14.2 Å². The minimum absolute atomic E-state index is 0.0386. The quantitative estimate of drug-likeness (QED) is 0.0346. The first kappa shape index (κ1) is 62.8. The summed E-state index contributed by atoms with van der Waals surface area (Å²) >= 11 is 0. The van der Waals surface area contributed by atoms with E-state index in [2.05, 4.69) is 112 Å². The Balaban J connectivity index is 4.41. The molecule has 0 aliphatic heterocycles. The SMILES string of the molecule is CC/C=C\C/C=C\C/C=C\C/C=C\C/C=C\C/C=C\CCC(=O)OCC(COCCCCCCCC/C=C\C/C=C\CCCCC)OC(=O)CCCCCCCCCCCCCCCCC. The number of ether oxygens (including phenoxy) is 3. The molecule has 0 radical (unpaired) electrons. The zero-order valence-electron chi connectivity index (χ0n) is 43.4. The van der Waals surface area contributed by atoms with E-state index >= 15 is 0 Å². The van der Waals surface area contributed by atoms with Crippen LogP contribution in [0.1, 0.15) is 252 Å². The molecule has 0 spiro atoms. The average Bonchev–Trinajstić information content (AvgIpc) is 3.32. The highest BCUT2D eigenvalue weighted by molar-refractivity contribution is 5.70. The fraction of sp³-hybridized carbons (Fsp3) is 0.705. The summed E-state index contributed by atoms with van der Waals surface area (Å²) in [6.07, 6.45) is 75.7. The van der Waals surface area contributed by atoms with E-state index in [9.17, 15) is 9.59 Å². The van der Waals surface area contributed by atoms with Gasteiger partial charge in [-0.15, -0.1) is 0 Å². The number of esters is 2. The Morgan fingerprint density at radius 3 is 1.18 bits per heavy atom. The van der Waals surface area contributed by atoms with Gasteiger partial charge in [-0.2, -0.15) is 0 Å². The largest absolute Gasteiger partial charge is 0.462 e. The Kier molecular flexibility index (Phi) is 53.4. The monoisotopic (exact) mass is 917 g/mol. The van der Waals surface area contributed by atoms with Crippen molar-refractivity contribution in [2.45, 2.75) is 258 Å². The Hall–Kier alpha value is -3.18. The maximum atomic E-state index is 12.8. The molecule has 66 heavy (non-hydrogen) atoms. The van der Waals surface area contributed by atoms with Crippen LogP contribution in [0.3, 0.4) is 0 Å². The predicted molar refractivity (Wildman–Crippen MR) is 288 cm³/mol. The minimum atomic E-state index is -0.576. The molecule has 0 saturated carbocycles. The van der Waals surface area contributed by atoms with E-state index in [1.807, 2.05) is 6.08 Å². The lowest BCUT2D eigenvalue weighted by atomic mass is 10.0. The number of hydrogen-bond donors (Lipinski definition) is 0. The van der Waals surface area contributed by atoms with Crippen LogP contribution in [-0.2, 0) is 23.8 Å². The molecule has 0 N–H and O–H groups in total. The number of hydrogen-bond acceptors (Lipinski definition) is 5. The van der Waals surface area contributed by atoms with Gasteiger partial charge in [-0.25, -0.2) is 0 Å². The molecule has 0 aromatic rings. The topological polar surface area (TPSA) is 61.8 Å². The van der Waals surface area contributed by atoms with Crippen LogP contribution >= 0.6 is 0 Å². The summed E-state index contributed by atoms with van der Waals surface area (Å²) < 4.78 is 17.4. The van der Waals surface area contributed by atoms with Gasteiger partial charge < -0.3 is 14.2 Å². The van der Waals surface area contributed by atoms with Gasteiger partial charge in [-0.05, 0) is 89.9 Å². The van der Waals surface area contributed by atoms with Gasteiger partial charge in [-0.3, -0.25) is 9.59 Å². The highest BCUT2D eigenvalue weighted by Crippen LogP contribution is 2.15. The van der Waals surface area contributed by atoms with Gasteiger partial charge in [0.15, 0.2) is 6.10 Å². The third kappa shape index (κ3) is 53.4. The predicted octanol–water partition coefficient (Wildman–Crippen LogP) is 19.0. The second-order valence-electron chi connectivity index (χ2n) is 18.1. The molecule has 0 aliphatic carbocycles. The van der Waals surface area contributed by atoms with E-state index in [0.29, 0.717) is 25.9 Å². The lowest BCUT2D eigenvalue weighted by Gasteiger charge is -2.18. The summed E-state index contributed by atoms with van der Waals surface area (Å²) in [5, 5.41) is 0. The second kappa shape index (κ2) is 56.1. The molecule has 5 heteroatoms. The van der Waals surface area contributed by atoms with Crippen molar-refractivity contribution in [3.8, 4) is 0 Å². The maximum Gasteiger partial charge on any atom is 0.306 e. The number of carbonyl (C=O) groups excluding carboxylic acids is 2. The fourth-order valence-corrected chi connectivity index (χ4v) is 7.51. The number of allylic oxidation sites excluding steroid dienone is 16. The van der Waals surface area contributed by atoms with Crippen molar-refractivity contribution < 1.29 is 23.8 Å². The molecule has 5 nitrogen and oxygen atoms in total. The molecule has 0 heterocycles. The Morgan fingerprint density at radius 2 is 0.712 bits per heavy atom. The van der Waals surface area contributed by atoms with Gasteiger partial charge in [-0.1, -0.05) is 246 Å².